The van der Waals surface area contributed by atoms with Crippen LogP contribution >= 0.6 is 0 Å². The Hall–Kier alpha value is -3.09. The summed E-state index contributed by atoms with van der Waals surface area (Å²) in [4.78, 5) is 22.0. The van der Waals surface area contributed by atoms with Crippen LogP contribution in [-0.2, 0) is 0 Å². The molecule has 0 fully saturated rings. The summed E-state index contributed by atoms with van der Waals surface area (Å²) >= 11 is 0. The zero-order chi connectivity index (χ0) is 16.1. The molecule has 0 unspecified atom stereocenters. The molecule has 0 aromatic heterocycles. The molecule has 2 rings (SSSR count). The van der Waals surface area contributed by atoms with Crippen LogP contribution in [0.4, 0.5) is 10.1 Å². The summed E-state index contributed by atoms with van der Waals surface area (Å²) in [6, 6.07) is 11.1. The molecule has 0 saturated carbocycles. The molecule has 0 aliphatic heterocycles. The summed E-state index contributed by atoms with van der Waals surface area (Å²) in [7, 11) is 0. The number of nitro benzene ring substituents is 1. The summed E-state index contributed by atoms with van der Waals surface area (Å²) in [5.41, 5.74) is 3.26. The molecule has 6 nitrogen and oxygen atoms in total. The van der Waals surface area contributed by atoms with E-state index in [0.717, 1.165) is 6.07 Å². The second kappa shape index (κ2) is 6.57. The van der Waals surface area contributed by atoms with Gasteiger partial charge in [-0.3, -0.25) is 14.9 Å². The van der Waals surface area contributed by atoms with Gasteiger partial charge in [0.05, 0.1) is 10.6 Å². The fraction of sp³-hybridized carbons (Fsp3) is 0.0667. The second-order valence-electron chi connectivity index (χ2n) is 4.46. The van der Waals surface area contributed by atoms with Crippen molar-refractivity contribution in [2.45, 2.75) is 6.92 Å². The van der Waals surface area contributed by atoms with Crippen molar-refractivity contribution in [3.05, 3.63) is 75.6 Å². The van der Waals surface area contributed by atoms with Crippen LogP contribution in [0.25, 0.3) is 0 Å². The highest BCUT2D eigenvalue weighted by molar-refractivity contribution is 6.01. The summed E-state index contributed by atoms with van der Waals surface area (Å²) in [6.07, 6.45) is 0. The Labute approximate surface area is 125 Å². The number of carbonyl (C=O) groups excluding carboxylic acids is 1. The minimum Gasteiger partial charge on any atom is -0.267 e. The third-order valence-electron chi connectivity index (χ3n) is 2.89. The van der Waals surface area contributed by atoms with E-state index in [1.807, 2.05) is 0 Å². The van der Waals surface area contributed by atoms with Crippen molar-refractivity contribution in [3.63, 3.8) is 0 Å². The van der Waals surface area contributed by atoms with Crippen LogP contribution in [0, 0.1) is 15.9 Å². The average Bonchev–Trinajstić information content (AvgIpc) is 2.52. The normalized spacial score (nSPS) is 11.1. The molecule has 0 bridgehead atoms. The Morgan fingerprint density at radius 3 is 2.55 bits per heavy atom. The van der Waals surface area contributed by atoms with Gasteiger partial charge in [0, 0.05) is 23.3 Å². The maximum Gasteiger partial charge on any atom is 0.271 e. The smallest absolute Gasteiger partial charge is 0.267 e. The fourth-order valence-electron chi connectivity index (χ4n) is 1.74. The predicted molar refractivity (Wildman–Crippen MR) is 79.2 cm³/mol. The number of hydrogen-bond donors (Lipinski definition) is 1. The van der Waals surface area contributed by atoms with Gasteiger partial charge in [-0.1, -0.05) is 18.2 Å². The first kappa shape index (κ1) is 15.3. The van der Waals surface area contributed by atoms with E-state index in [4.69, 9.17) is 0 Å². The molecule has 112 valence electrons. The van der Waals surface area contributed by atoms with Gasteiger partial charge in [-0.2, -0.15) is 5.10 Å². The van der Waals surface area contributed by atoms with Gasteiger partial charge < -0.3 is 0 Å². The third-order valence-corrected chi connectivity index (χ3v) is 2.89. The molecule has 0 atom stereocenters. The lowest BCUT2D eigenvalue weighted by molar-refractivity contribution is -0.384. The number of non-ortho nitro benzene ring substituents is 1. The average molecular weight is 301 g/mol. The lowest BCUT2D eigenvalue weighted by Crippen LogP contribution is -2.19. The van der Waals surface area contributed by atoms with Crippen molar-refractivity contribution in [2.75, 3.05) is 0 Å². The summed E-state index contributed by atoms with van der Waals surface area (Å²) in [5, 5.41) is 14.6. The minimum atomic E-state index is -0.565. The predicted octanol–water partition coefficient (Wildman–Crippen LogP) is 2.89. The molecule has 22 heavy (non-hydrogen) atoms. The molecule has 0 aliphatic carbocycles. The minimum absolute atomic E-state index is 0.0662. The number of amides is 1. The van der Waals surface area contributed by atoms with Crippen LogP contribution in [0.15, 0.2) is 53.6 Å². The molecular formula is C15H12FN3O3. The largest absolute Gasteiger partial charge is 0.271 e. The molecule has 0 heterocycles. The third kappa shape index (κ3) is 3.72. The number of rotatable bonds is 4. The quantitative estimate of drug-likeness (QED) is 0.535. The van der Waals surface area contributed by atoms with Gasteiger partial charge in [-0.25, -0.2) is 9.82 Å². The van der Waals surface area contributed by atoms with Crippen LogP contribution in [0.1, 0.15) is 22.8 Å². The van der Waals surface area contributed by atoms with Crippen molar-refractivity contribution in [3.8, 4) is 0 Å². The number of hydrazone groups is 1. The van der Waals surface area contributed by atoms with E-state index in [-0.39, 0.29) is 11.3 Å². The summed E-state index contributed by atoms with van der Waals surface area (Å²) < 4.78 is 13.0. The fourth-order valence-corrected chi connectivity index (χ4v) is 1.74. The van der Waals surface area contributed by atoms with E-state index in [9.17, 15) is 19.3 Å². The molecule has 0 aliphatic rings. The van der Waals surface area contributed by atoms with Crippen LogP contribution in [0.3, 0.4) is 0 Å². The van der Waals surface area contributed by atoms with Crippen molar-refractivity contribution in [1.29, 1.82) is 0 Å². The maximum absolute atomic E-state index is 13.0. The van der Waals surface area contributed by atoms with Crippen LogP contribution < -0.4 is 5.43 Å². The monoisotopic (exact) mass is 301 g/mol. The van der Waals surface area contributed by atoms with E-state index in [1.165, 1.54) is 36.4 Å². The molecule has 1 N–H and O–H groups in total. The molecule has 7 heteroatoms. The van der Waals surface area contributed by atoms with E-state index in [2.05, 4.69) is 10.5 Å². The van der Waals surface area contributed by atoms with Gasteiger partial charge in [0.2, 0.25) is 0 Å². The van der Waals surface area contributed by atoms with Crippen molar-refractivity contribution in [2.24, 2.45) is 5.10 Å². The SMILES string of the molecule is CC(=NNC(=O)c1cccc(F)c1)c1cccc([N+](=O)[O-])c1. The zero-order valence-corrected chi connectivity index (χ0v) is 11.6. The lowest BCUT2D eigenvalue weighted by Gasteiger charge is -2.03. The first-order valence-electron chi connectivity index (χ1n) is 6.32. The summed E-state index contributed by atoms with van der Waals surface area (Å²) in [5.74, 6) is -1.09. The Kier molecular flexibility index (Phi) is 4.57. The molecule has 2 aromatic rings. The summed E-state index contributed by atoms with van der Waals surface area (Å²) in [6.45, 7) is 1.60. The van der Waals surface area contributed by atoms with Crippen LogP contribution in [-0.4, -0.2) is 16.5 Å². The molecular weight excluding hydrogens is 289 g/mol. The number of carbonyl (C=O) groups is 1. The van der Waals surface area contributed by atoms with Gasteiger partial charge in [-0.05, 0) is 25.1 Å². The number of nitrogens with zero attached hydrogens (tertiary/aromatic N) is 2. The first-order chi connectivity index (χ1) is 10.5. The van der Waals surface area contributed by atoms with Crippen molar-refractivity contribution >= 4 is 17.3 Å². The maximum atomic E-state index is 13.0. The van der Waals surface area contributed by atoms with Gasteiger partial charge in [0.1, 0.15) is 5.82 Å². The van der Waals surface area contributed by atoms with Gasteiger partial charge in [-0.15, -0.1) is 0 Å². The van der Waals surface area contributed by atoms with Crippen molar-refractivity contribution in [1.82, 2.24) is 5.43 Å². The Morgan fingerprint density at radius 2 is 1.86 bits per heavy atom. The highest BCUT2D eigenvalue weighted by Gasteiger charge is 2.09. The molecule has 0 spiro atoms. The van der Waals surface area contributed by atoms with Gasteiger partial charge in [0.15, 0.2) is 0 Å². The first-order valence-corrected chi connectivity index (χ1v) is 6.32. The van der Waals surface area contributed by atoms with E-state index in [0.29, 0.717) is 11.3 Å². The molecule has 1 amide bonds. The Balaban J connectivity index is 2.14. The molecule has 2 aromatic carbocycles. The lowest BCUT2D eigenvalue weighted by atomic mass is 10.1. The highest BCUT2D eigenvalue weighted by Crippen LogP contribution is 2.13. The standard InChI is InChI=1S/C15H12FN3O3/c1-10(11-4-3-7-14(9-11)19(21)22)17-18-15(20)12-5-2-6-13(16)8-12/h2-9H,1H3,(H,18,20). The zero-order valence-electron chi connectivity index (χ0n) is 11.6. The van der Waals surface area contributed by atoms with E-state index >= 15 is 0 Å². The number of nitro groups is 1. The van der Waals surface area contributed by atoms with E-state index in [1.54, 1.807) is 13.0 Å². The number of benzene rings is 2. The second-order valence-corrected chi connectivity index (χ2v) is 4.46. The topological polar surface area (TPSA) is 84.6 Å². The van der Waals surface area contributed by atoms with Crippen LogP contribution in [0.2, 0.25) is 0 Å². The number of hydrogen-bond acceptors (Lipinski definition) is 4. The van der Waals surface area contributed by atoms with Crippen LogP contribution in [0.5, 0.6) is 0 Å². The van der Waals surface area contributed by atoms with Gasteiger partial charge in [0.25, 0.3) is 11.6 Å². The van der Waals surface area contributed by atoms with E-state index < -0.39 is 16.6 Å². The molecule has 0 radical (unpaired) electrons. The van der Waals surface area contributed by atoms with Gasteiger partial charge >= 0.3 is 0 Å². The highest BCUT2D eigenvalue weighted by atomic mass is 19.1. The number of halogens is 1. The van der Waals surface area contributed by atoms with Crippen molar-refractivity contribution < 1.29 is 14.1 Å². The molecule has 0 saturated heterocycles. The number of nitrogens with one attached hydrogen (secondary N) is 1. The Morgan fingerprint density at radius 1 is 1.18 bits per heavy atom. The Bertz CT molecular complexity index is 759.